The van der Waals surface area contributed by atoms with E-state index >= 15 is 0 Å². The molecule has 1 heterocycles. The van der Waals surface area contributed by atoms with Crippen molar-refractivity contribution >= 4 is 23.0 Å². The molecule has 116 valence electrons. The molecule has 5 nitrogen and oxygen atoms in total. The molecule has 1 atom stereocenters. The van der Waals surface area contributed by atoms with Gasteiger partial charge in [0.25, 0.3) is 5.91 Å². The number of hydrogen-bond donors (Lipinski definition) is 0. The van der Waals surface area contributed by atoms with Gasteiger partial charge in [0.1, 0.15) is 18.7 Å². The minimum atomic E-state index is -0.544. The third-order valence-electron chi connectivity index (χ3n) is 3.66. The fourth-order valence-corrected chi connectivity index (χ4v) is 2.61. The van der Waals surface area contributed by atoms with E-state index in [0.29, 0.717) is 11.4 Å². The van der Waals surface area contributed by atoms with E-state index in [-0.39, 0.29) is 5.91 Å². The second kappa shape index (κ2) is 6.44. The van der Waals surface area contributed by atoms with E-state index < -0.39 is 5.92 Å². The number of nitrogens with zero attached hydrogens (tertiary/aromatic N) is 3. The highest BCUT2D eigenvalue weighted by molar-refractivity contribution is 6.31. The molecule has 0 N–H and O–H groups in total. The molecule has 0 fully saturated rings. The quantitative estimate of drug-likeness (QED) is 0.644. The van der Waals surface area contributed by atoms with Crippen LogP contribution in [0.4, 0.5) is 5.69 Å². The van der Waals surface area contributed by atoms with E-state index in [9.17, 15) is 4.79 Å². The average molecular weight is 307 g/mol. The van der Waals surface area contributed by atoms with Crippen molar-refractivity contribution in [3.63, 3.8) is 0 Å². The number of para-hydroxylation sites is 1. The molecular formula is C18H17N3O2. The van der Waals surface area contributed by atoms with E-state index in [0.717, 1.165) is 11.3 Å². The predicted octanol–water partition coefficient (Wildman–Crippen LogP) is 3.08. The first-order valence-electron chi connectivity index (χ1n) is 7.33. The normalized spacial score (nSPS) is 18.1. The van der Waals surface area contributed by atoms with Crippen LogP contribution in [-0.2, 0) is 9.63 Å². The summed E-state index contributed by atoms with van der Waals surface area (Å²) in [7, 11) is 1.48. The number of amides is 1. The monoisotopic (exact) mass is 307 g/mol. The van der Waals surface area contributed by atoms with E-state index in [2.05, 4.69) is 10.3 Å². The number of hydrazone groups is 1. The summed E-state index contributed by atoms with van der Waals surface area (Å²) in [6, 6.07) is 18.9. The lowest BCUT2D eigenvalue weighted by Gasteiger charge is -2.15. The number of carbonyl (C=O) groups is 1. The predicted molar refractivity (Wildman–Crippen MR) is 90.5 cm³/mol. The van der Waals surface area contributed by atoms with Gasteiger partial charge in [-0.2, -0.15) is 10.1 Å². The van der Waals surface area contributed by atoms with Gasteiger partial charge in [0, 0.05) is 5.56 Å². The van der Waals surface area contributed by atoms with Crippen LogP contribution in [0.1, 0.15) is 12.5 Å². The molecule has 0 radical (unpaired) electrons. The van der Waals surface area contributed by atoms with E-state index in [1.807, 2.05) is 67.6 Å². The van der Waals surface area contributed by atoms with Crippen LogP contribution in [-0.4, -0.2) is 24.4 Å². The molecule has 0 aliphatic carbocycles. The molecule has 0 saturated carbocycles. The number of hydrogen-bond acceptors (Lipinski definition) is 4. The van der Waals surface area contributed by atoms with Crippen molar-refractivity contribution < 1.29 is 9.63 Å². The number of anilines is 1. The van der Waals surface area contributed by atoms with Crippen LogP contribution in [0, 0.1) is 5.92 Å². The van der Waals surface area contributed by atoms with Gasteiger partial charge in [-0.05, 0) is 19.1 Å². The summed E-state index contributed by atoms with van der Waals surface area (Å²) in [5.74, 6) is -0.675. The Bertz CT molecular complexity index is 754. The van der Waals surface area contributed by atoms with Crippen molar-refractivity contribution in [2.24, 2.45) is 16.2 Å². The maximum absolute atomic E-state index is 12.9. The van der Waals surface area contributed by atoms with E-state index in [1.165, 1.54) is 12.1 Å². The number of rotatable bonds is 4. The van der Waals surface area contributed by atoms with Crippen LogP contribution in [0.5, 0.6) is 0 Å². The molecule has 0 bridgehead atoms. The van der Waals surface area contributed by atoms with Gasteiger partial charge < -0.3 is 4.84 Å². The van der Waals surface area contributed by atoms with Gasteiger partial charge in [-0.1, -0.05) is 53.7 Å². The SMILES string of the molecule is CON=C(c1ccccc1)C1C(=O)N(c2ccccc2)N=C1C. The standard InChI is InChI=1S/C18H17N3O2/c1-13-16(17(20-23-2)14-9-5-3-6-10-14)18(22)21(19-13)15-11-7-4-8-12-15/h3-12,16H,1-2H3. The van der Waals surface area contributed by atoms with E-state index in [1.54, 1.807) is 0 Å². The summed E-state index contributed by atoms with van der Waals surface area (Å²) in [6.07, 6.45) is 0. The zero-order chi connectivity index (χ0) is 16.2. The highest BCUT2D eigenvalue weighted by atomic mass is 16.6. The molecule has 3 rings (SSSR count). The number of benzene rings is 2. The molecular weight excluding hydrogens is 290 g/mol. The molecule has 1 aliphatic heterocycles. The minimum absolute atomic E-state index is 0.131. The van der Waals surface area contributed by atoms with Crippen LogP contribution in [0.3, 0.4) is 0 Å². The largest absolute Gasteiger partial charge is 0.399 e. The highest BCUT2D eigenvalue weighted by Gasteiger charge is 2.39. The van der Waals surface area contributed by atoms with Crippen LogP contribution in [0.2, 0.25) is 0 Å². The van der Waals surface area contributed by atoms with Gasteiger partial charge in [-0.3, -0.25) is 4.79 Å². The Morgan fingerprint density at radius 2 is 1.70 bits per heavy atom. The maximum Gasteiger partial charge on any atom is 0.262 e. The molecule has 2 aromatic carbocycles. The summed E-state index contributed by atoms with van der Waals surface area (Å²) in [5, 5.41) is 9.93. The number of carbonyl (C=O) groups excluding carboxylic acids is 1. The van der Waals surface area contributed by atoms with Crippen molar-refractivity contribution in [1.29, 1.82) is 0 Å². The molecule has 0 spiro atoms. The molecule has 5 heteroatoms. The molecule has 1 amide bonds. The molecule has 2 aromatic rings. The second-order valence-electron chi connectivity index (χ2n) is 5.19. The van der Waals surface area contributed by atoms with Crippen molar-refractivity contribution in [1.82, 2.24) is 0 Å². The molecule has 1 unspecified atom stereocenters. The third kappa shape index (κ3) is 2.85. The van der Waals surface area contributed by atoms with Crippen LogP contribution < -0.4 is 5.01 Å². The fourth-order valence-electron chi connectivity index (χ4n) is 2.61. The lowest BCUT2D eigenvalue weighted by molar-refractivity contribution is -0.118. The first-order chi connectivity index (χ1) is 11.2. The number of oxime groups is 1. The van der Waals surface area contributed by atoms with Crippen LogP contribution >= 0.6 is 0 Å². The van der Waals surface area contributed by atoms with Gasteiger partial charge in [0.15, 0.2) is 0 Å². The Morgan fingerprint density at radius 3 is 2.30 bits per heavy atom. The summed E-state index contributed by atoms with van der Waals surface area (Å²) in [5.41, 5.74) is 2.85. The Labute approximate surface area is 134 Å². The summed E-state index contributed by atoms with van der Waals surface area (Å²) in [4.78, 5) is 17.9. The topological polar surface area (TPSA) is 54.3 Å². The van der Waals surface area contributed by atoms with Gasteiger partial charge >= 0.3 is 0 Å². The van der Waals surface area contributed by atoms with Crippen LogP contribution in [0.25, 0.3) is 0 Å². The fraction of sp³-hybridized carbons (Fsp3) is 0.167. The van der Waals surface area contributed by atoms with Crippen molar-refractivity contribution in [2.75, 3.05) is 12.1 Å². The second-order valence-corrected chi connectivity index (χ2v) is 5.19. The smallest absolute Gasteiger partial charge is 0.262 e. The average Bonchev–Trinajstić information content (AvgIpc) is 2.89. The zero-order valence-corrected chi connectivity index (χ0v) is 13.0. The summed E-state index contributed by atoms with van der Waals surface area (Å²) in [6.45, 7) is 1.83. The Balaban J connectivity index is 1.98. The Morgan fingerprint density at radius 1 is 1.09 bits per heavy atom. The van der Waals surface area contributed by atoms with Gasteiger partial charge in [0.05, 0.1) is 11.4 Å². The van der Waals surface area contributed by atoms with Crippen molar-refractivity contribution in [2.45, 2.75) is 6.92 Å². The first kappa shape index (κ1) is 15.0. The van der Waals surface area contributed by atoms with Gasteiger partial charge in [-0.15, -0.1) is 0 Å². The molecule has 23 heavy (non-hydrogen) atoms. The molecule has 0 aromatic heterocycles. The molecule has 0 saturated heterocycles. The highest BCUT2D eigenvalue weighted by Crippen LogP contribution is 2.26. The van der Waals surface area contributed by atoms with Crippen molar-refractivity contribution in [3.05, 3.63) is 66.2 Å². The Kier molecular flexibility index (Phi) is 4.19. The Hall–Kier alpha value is -2.95. The lowest BCUT2D eigenvalue weighted by Crippen LogP contribution is -2.33. The van der Waals surface area contributed by atoms with Crippen molar-refractivity contribution in [3.8, 4) is 0 Å². The summed E-state index contributed by atoms with van der Waals surface area (Å²) < 4.78 is 0. The van der Waals surface area contributed by atoms with Gasteiger partial charge in [0.2, 0.25) is 0 Å². The summed E-state index contributed by atoms with van der Waals surface area (Å²) >= 11 is 0. The lowest BCUT2D eigenvalue weighted by atomic mass is 9.93. The zero-order valence-electron chi connectivity index (χ0n) is 13.0. The third-order valence-corrected chi connectivity index (χ3v) is 3.66. The van der Waals surface area contributed by atoms with Gasteiger partial charge in [-0.25, -0.2) is 0 Å². The van der Waals surface area contributed by atoms with E-state index in [4.69, 9.17) is 4.84 Å². The maximum atomic E-state index is 12.9. The first-order valence-corrected chi connectivity index (χ1v) is 7.33. The minimum Gasteiger partial charge on any atom is -0.399 e. The van der Waals surface area contributed by atoms with Crippen LogP contribution in [0.15, 0.2) is 70.9 Å². The molecule has 1 aliphatic rings.